The Balaban J connectivity index is 0.000000288. The van der Waals surface area contributed by atoms with E-state index < -0.39 is 0 Å². The molecule has 7 unspecified atom stereocenters. The van der Waals surface area contributed by atoms with Gasteiger partial charge in [0.25, 0.3) is 0 Å². The molecule has 7 atom stereocenters. The van der Waals surface area contributed by atoms with Crippen LogP contribution in [0.25, 0.3) is 16.7 Å². The van der Waals surface area contributed by atoms with E-state index in [2.05, 4.69) is 147 Å². The van der Waals surface area contributed by atoms with Crippen LogP contribution in [0.3, 0.4) is 0 Å². The molecule has 0 aliphatic heterocycles. The Morgan fingerprint density at radius 1 is 0.889 bits per heavy atom. The first-order valence-electron chi connectivity index (χ1n) is 16.2. The normalized spacial score (nSPS) is 30.7. The molecule has 0 bridgehead atoms. The van der Waals surface area contributed by atoms with Crippen molar-refractivity contribution in [2.45, 2.75) is 75.7 Å². The number of hydrogen-bond donors (Lipinski definition) is 0. The summed E-state index contributed by atoms with van der Waals surface area (Å²) in [4.78, 5) is 0. The van der Waals surface area contributed by atoms with Crippen molar-refractivity contribution in [3.8, 4) is 11.1 Å². The SMILES string of the molecule is C[C-]1C2=C3Cc4ccccc4C3=C3C=CC(C)C(C)C3(C)C2(C)C(C)C(C)C1C.C[C](C)=[Zr+2].[Cl-].[Cl-].c1cc[c-](-c2ccsc2)c1. The van der Waals surface area contributed by atoms with Gasteiger partial charge in [-0.1, -0.05) is 130 Å². The van der Waals surface area contributed by atoms with Crippen LogP contribution < -0.4 is 24.8 Å². The third-order valence-electron chi connectivity index (χ3n) is 12.0. The molecule has 4 heteroatoms. The van der Waals surface area contributed by atoms with Crippen LogP contribution in [-0.4, -0.2) is 3.21 Å². The Bertz CT molecular complexity index is 1520. The van der Waals surface area contributed by atoms with E-state index >= 15 is 0 Å². The molecule has 240 valence electrons. The Morgan fingerprint density at radius 3 is 2.11 bits per heavy atom. The van der Waals surface area contributed by atoms with E-state index in [1.165, 1.54) is 25.5 Å². The fourth-order valence-corrected chi connectivity index (χ4v) is 9.50. The van der Waals surface area contributed by atoms with E-state index in [1.54, 1.807) is 63.8 Å². The second-order valence-electron chi connectivity index (χ2n) is 14.2. The van der Waals surface area contributed by atoms with E-state index in [0.29, 0.717) is 29.6 Å². The van der Waals surface area contributed by atoms with Crippen LogP contribution in [0.1, 0.15) is 80.4 Å². The molecule has 0 nitrogen and oxygen atoms in total. The summed E-state index contributed by atoms with van der Waals surface area (Å²) >= 11 is 3.29. The fraction of sp³-hybridized carbons (Fsp3) is 0.439. The molecule has 0 amide bonds. The Hall–Kier alpha value is -1.31. The average molecular weight is 737 g/mol. The van der Waals surface area contributed by atoms with Gasteiger partial charge in [0.05, 0.1) is 0 Å². The van der Waals surface area contributed by atoms with Gasteiger partial charge in [-0.15, -0.1) is 30.7 Å². The quantitative estimate of drug-likeness (QED) is 0.287. The van der Waals surface area contributed by atoms with Gasteiger partial charge in [-0.2, -0.15) is 23.3 Å². The van der Waals surface area contributed by atoms with E-state index in [9.17, 15) is 0 Å². The summed E-state index contributed by atoms with van der Waals surface area (Å²) in [6.07, 6.45) is 6.12. The molecular formula is C41H50Cl2SZr-2. The second-order valence-corrected chi connectivity index (χ2v) is 17.4. The molecule has 0 saturated heterocycles. The topological polar surface area (TPSA) is 0 Å². The number of benzene rings is 1. The summed E-state index contributed by atoms with van der Waals surface area (Å²) in [6.45, 7) is 24.4. The zero-order valence-electron chi connectivity index (χ0n) is 28.8. The molecule has 1 saturated carbocycles. The minimum absolute atomic E-state index is 0. The number of hydrogen-bond acceptors (Lipinski definition) is 1. The molecular weight excluding hydrogens is 687 g/mol. The zero-order chi connectivity index (χ0) is 31.3. The number of thiophene rings is 1. The number of allylic oxidation sites excluding steroid dienone is 6. The first-order chi connectivity index (χ1) is 20.4. The van der Waals surface area contributed by atoms with Gasteiger partial charge < -0.3 is 24.8 Å². The Morgan fingerprint density at radius 2 is 1.51 bits per heavy atom. The predicted octanol–water partition coefficient (Wildman–Crippen LogP) is 5.56. The standard InChI is InChI=1S/C29H37.C9H7S.C3H6.2ClH.Zr/c1-16-13-14-25-26-23-12-10-9-11-22(23)15-24(26)27-19(4)17(2)18(3)21(6)29(27,8)28(25,7)20(16)5;1-2-4-8(3-1)9-5-6-10-7-9;1-3-2;;;/h9-14,16-18,20-21H,15H2,1-8H3;1-7H;1-2H3;2*1H;/q2*-1;;;;+2/p-2. The van der Waals surface area contributed by atoms with E-state index in [0.717, 1.165) is 6.42 Å². The van der Waals surface area contributed by atoms with E-state index in [-0.39, 0.29) is 35.6 Å². The molecule has 45 heavy (non-hydrogen) atoms. The smallest absolute Gasteiger partial charge is 0.0501 e. The monoisotopic (exact) mass is 734 g/mol. The van der Waals surface area contributed by atoms with Gasteiger partial charge >= 0.3 is 41.3 Å². The Kier molecular flexibility index (Phi) is 12.6. The predicted molar refractivity (Wildman–Crippen MR) is 186 cm³/mol. The molecule has 4 aliphatic rings. The Labute approximate surface area is 305 Å². The summed E-state index contributed by atoms with van der Waals surface area (Å²) in [7, 11) is 0. The van der Waals surface area contributed by atoms with Crippen molar-refractivity contribution in [1.29, 1.82) is 0 Å². The van der Waals surface area contributed by atoms with Gasteiger partial charge in [-0.3, -0.25) is 0 Å². The van der Waals surface area contributed by atoms with Crippen LogP contribution in [0.15, 0.2) is 94.2 Å². The maximum atomic E-state index is 2.63. The van der Waals surface area contributed by atoms with E-state index in [1.807, 2.05) is 0 Å². The van der Waals surface area contributed by atoms with Gasteiger partial charge in [0.2, 0.25) is 0 Å². The molecule has 0 radical (unpaired) electrons. The van der Waals surface area contributed by atoms with Crippen molar-refractivity contribution in [2.24, 2.45) is 40.4 Å². The summed E-state index contributed by atoms with van der Waals surface area (Å²) < 4.78 is 1.51. The summed E-state index contributed by atoms with van der Waals surface area (Å²) in [5.74, 6) is 4.93. The molecule has 2 aromatic carbocycles. The molecule has 1 aromatic heterocycles. The summed E-state index contributed by atoms with van der Waals surface area (Å²) in [6, 6.07) is 19.7. The van der Waals surface area contributed by atoms with Gasteiger partial charge in [-0.25, -0.2) is 17.3 Å². The first kappa shape index (κ1) is 38.1. The number of halogens is 2. The van der Waals surface area contributed by atoms with Crippen molar-refractivity contribution in [3.05, 3.63) is 111 Å². The van der Waals surface area contributed by atoms with Crippen LogP contribution in [0.5, 0.6) is 0 Å². The molecule has 4 aliphatic carbocycles. The first-order valence-corrected chi connectivity index (χ1v) is 18.4. The summed E-state index contributed by atoms with van der Waals surface area (Å²) in [5.41, 5.74) is 12.6. The van der Waals surface area contributed by atoms with Crippen molar-refractivity contribution in [3.63, 3.8) is 0 Å². The van der Waals surface area contributed by atoms with Crippen molar-refractivity contribution in [2.75, 3.05) is 0 Å². The van der Waals surface area contributed by atoms with Crippen LogP contribution >= 0.6 is 11.3 Å². The molecule has 1 heterocycles. The largest absolute Gasteiger partial charge is 1.00 e. The van der Waals surface area contributed by atoms with Gasteiger partial charge in [0.15, 0.2) is 0 Å². The minimum Gasteiger partial charge on any atom is -1.00 e. The zero-order valence-corrected chi connectivity index (χ0v) is 33.5. The van der Waals surface area contributed by atoms with Crippen molar-refractivity contribution >= 4 is 20.1 Å². The number of rotatable bonds is 1. The summed E-state index contributed by atoms with van der Waals surface area (Å²) in [5, 5.41) is 4.26. The molecule has 7 rings (SSSR count). The van der Waals surface area contributed by atoms with Crippen LogP contribution in [-0.2, 0) is 30.7 Å². The van der Waals surface area contributed by atoms with Crippen LogP contribution in [0.4, 0.5) is 0 Å². The third-order valence-corrected chi connectivity index (χ3v) is 12.7. The van der Waals surface area contributed by atoms with Gasteiger partial charge in [0.1, 0.15) is 0 Å². The van der Waals surface area contributed by atoms with Crippen LogP contribution in [0, 0.1) is 46.3 Å². The third kappa shape index (κ3) is 6.33. The second kappa shape index (κ2) is 14.9. The molecule has 0 N–H and O–H groups in total. The maximum Gasteiger partial charge on any atom is -0.0501 e. The van der Waals surface area contributed by atoms with Gasteiger partial charge in [-0.05, 0) is 34.7 Å². The molecule has 1 fully saturated rings. The minimum atomic E-state index is 0. The van der Waals surface area contributed by atoms with Gasteiger partial charge in [0, 0.05) is 5.41 Å². The fourth-order valence-electron chi connectivity index (χ4n) is 8.83. The molecule has 3 aromatic rings. The van der Waals surface area contributed by atoms with Crippen molar-refractivity contribution < 1.29 is 49.0 Å². The van der Waals surface area contributed by atoms with E-state index in [4.69, 9.17) is 0 Å². The van der Waals surface area contributed by atoms with Crippen molar-refractivity contribution in [1.82, 2.24) is 0 Å². The van der Waals surface area contributed by atoms with Crippen LogP contribution in [0.2, 0.25) is 0 Å². The number of fused-ring (bicyclic) bond motifs is 6. The molecule has 0 spiro atoms. The maximum absolute atomic E-state index is 2.63. The average Bonchev–Trinajstić information content (AvgIpc) is 3.75.